The van der Waals surface area contributed by atoms with Crippen LogP contribution < -0.4 is 0 Å². The summed E-state index contributed by atoms with van der Waals surface area (Å²) in [6, 6.07) is 4.00. The second-order valence-corrected chi connectivity index (χ2v) is 6.23. The zero-order valence-corrected chi connectivity index (χ0v) is 15.7. The summed E-state index contributed by atoms with van der Waals surface area (Å²) < 4.78 is 7.04. The third-order valence-corrected chi connectivity index (χ3v) is 4.32. The number of pyridine rings is 1. The average Bonchev–Trinajstić information content (AvgIpc) is 2.98. The number of methoxy groups -OCH3 is 1. The van der Waals surface area contributed by atoms with Gasteiger partial charge in [-0.05, 0) is 44.4 Å². The lowest BCUT2D eigenvalue weighted by Gasteiger charge is -2.15. The Morgan fingerprint density at radius 3 is 2.68 bits per heavy atom. The number of carbonyl (C=O) groups excluding carboxylic acids is 1. The Hall–Kier alpha value is -2.62. The average molecular weight is 338 g/mol. The fourth-order valence-corrected chi connectivity index (χ4v) is 2.81. The van der Waals surface area contributed by atoms with Gasteiger partial charge in [0, 0.05) is 6.20 Å². The third-order valence-electron chi connectivity index (χ3n) is 4.32. The minimum Gasteiger partial charge on any atom is -0.469 e. The molecule has 0 aliphatic heterocycles. The third kappa shape index (κ3) is 3.90. The van der Waals surface area contributed by atoms with E-state index in [1.54, 1.807) is 6.08 Å². The molecule has 1 unspecified atom stereocenters. The van der Waals surface area contributed by atoms with Crippen molar-refractivity contribution >= 4 is 17.2 Å². The number of imidazole rings is 1. The fourth-order valence-electron chi connectivity index (χ4n) is 2.81. The second-order valence-electron chi connectivity index (χ2n) is 6.23. The molecule has 0 aromatic carbocycles. The number of fused-ring (bicyclic) bond motifs is 1. The van der Waals surface area contributed by atoms with Crippen LogP contribution in [0.25, 0.3) is 11.2 Å². The Balaban J connectivity index is 2.72. The molecule has 0 bridgehead atoms. The van der Waals surface area contributed by atoms with Crippen LogP contribution in [0.5, 0.6) is 0 Å². The predicted molar refractivity (Wildman–Crippen MR) is 103 cm³/mol. The summed E-state index contributed by atoms with van der Waals surface area (Å²) in [5.74, 6) is -0.595. The normalized spacial score (nSPS) is 13.8. The molecule has 0 saturated heterocycles. The minimum absolute atomic E-state index is 0.238. The number of ether oxygens (including phenoxy) is 1. The van der Waals surface area contributed by atoms with Crippen molar-refractivity contribution in [3.63, 3.8) is 0 Å². The highest BCUT2D eigenvalue weighted by Gasteiger charge is 2.27. The molecule has 0 amide bonds. The summed E-state index contributed by atoms with van der Waals surface area (Å²) >= 11 is 0. The van der Waals surface area contributed by atoms with Crippen LogP contribution in [0.1, 0.15) is 50.1 Å². The number of hydrogen-bond acceptors (Lipinski definition) is 3. The Labute approximate surface area is 149 Å². The molecule has 0 aliphatic carbocycles. The van der Waals surface area contributed by atoms with Gasteiger partial charge in [-0.25, -0.2) is 4.98 Å². The summed E-state index contributed by atoms with van der Waals surface area (Å²) in [4.78, 5) is 17.1. The largest absolute Gasteiger partial charge is 0.469 e. The van der Waals surface area contributed by atoms with Crippen LogP contribution in [0, 0.1) is 6.92 Å². The second kappa shape index (κ2) is 7.97. The van der Waals surface area contributed by atoms with Crippen molar-refractivity contribution in [1.29, 1.82) is 0 Å². The first-order valence-corrected chi connectivity index (χ1v) is 8.47. The van der Waals surface area contributed by atoms with E-state index in [9.17, 15) is 4.79 Å². The van der Waals surface area contributed by atoms with E-state index < -0.39 is 0 Å². The van der Waals surface area contributed by atoms with Gasteiger partial charge in [0.1, 0.15) is 5.65 Å². The molecule has 2 aromatic heterocycles. The highest BCUT2D eigenvalue weighted by Crippen LogP contribution is 2.30. The maximum atomic E-state index is 12.3. The zero-order valence-electron chi connectivity index (χ0n) is 15.7. The SMILES string of the molecule is C=C/C(C)=C\C=C(/C)c1nc2ccc(C)cn2c1C(CC)C(=O)OC. The number of aryl methyl sites for hydroxylation is 1. The molecule has 2 rings (SSSR count). The molecule has 2 heterocycles. The number of hydrogen-bond donors (Lipinski definition) is 0. The van der Waals surface area contributed by atoms with Gasteiger partial charge in [-0.1, -0.05) is 43.4 Å². The smallest absolute Gasteiger partial charge is 0.314 e. The zero-order chi connectivity index (χ0) is 18.6. The summed E-state index contributed by atoms with van der Waals surface area (Å²) in [6.07, 6.45) is 8.49. The van der Waals surface area contributed by atoms with Crippen molar-refractivity contribution in [2.45, 2.75) is 40.0 Å². The Bertz CT molecular complexity index is 856. The molecule has 0 spiro atoms. The van der Waals surface area contributed by atoms with Gasteiger partial charge in [0.05, 0.1) is 24.4 Å². The van der Waals surface area contributed by atoms with Crippen molar-refractivity contribution in [1.82, 2.24) is 9.38 Å². The van der Waals surface area contributed by atoms with E-state index in [2.05, 4.69) is 6.58 Å². The maximum Gasteiger partial charge on any atom is 0.314 e. The standard InChI is InChI=1S/C21H26N2O2/c1-7-14(3)9-11-16(5)19-20(17(8-2)21(24)25-6)23-13-15(4)10-12-18(23)22-19/h7,9-13,17H,1,8H2,2-6H3/b14-9-,16-11+. The Morgan fingerprint density at radius 1 is 1.36 bits per heavy atom. The van der Waals surface area contributed by atoms with Crippen LogP contribution in [0.15, 0.2) is 48.7 Å². The highest BCUT2D eigenvalue weighted by atomic mass is 16.5. The molecule has 1 atom stereocenters. The lowest BCUT2D eigenvalue weighted by molar-refractivity contribution is -0.142. The summed E-state index contributed by atoms with van der Waals surface area (Å²) in [6.45, 7) is 11.8. The molecular formula is C21H26N2O2. The maximum absolute atomic E-state index is 12.3. The van der Waals surface area contributed by atoms with Crippen LogP contribution >= 0.6 is 0 Å². The van der Waals surface area contributed by atoms with Gasteiger partial charge in [0.15, 0.2) is 0 Å². The number of rotatable bonds is 6. The number of nitrogens with zero attached hydrogens (tertiary/aromatic N) is 2. The van der Waals surface area contributed by atoms with Crippen LogP contribution in [0.4, 0.5) is 0 Å². The van der Waals surface area contributed by atoms with Crippen LogP contribution in [0.3, 0.4) is 0 Å². The summed E-state index contributed by atoms with van der Waals surface area (Å²) in [5, 5.41) is 0. The van der Waals surface area contributed by atoms with E-state index in [0.29, 0.717) is 6.42 Å². The van der Waals surface area contributed by atoms with Gasteiger partial charge >= 0.3 is 5.97 Å². The highest BCUT2D eigenvalue weighted by molar-refractivity contribution is 5.81. The van der Waals surface area contributed by atoms with Gasteiger partial charge in [-0.2, -0.15) is 0 Å². The predicted octanol–water partition coefficient (Wildman–Crippen LogP) is 4.84. The first kappa shape index (κ1) is 18.7. The summed E-state index contributed by atoms with van der Waals surface area (Å²) in [7, 11) is 1.43. The molecular weight excluding hydrogens is 312 g/mol. The van der Waals surface area contributed by atoms with Gasteiger partial charge < -0.3 is 9.14 Å². The number of carbonyl (C=O) groups is 1. The van der Waals surface area contributed by atoms with E-state index in [-0.39, 0.29) is 11.9 Å². The molecule has 4 nitrogen and oxygen atoms in total. The molecule has 0 saturated carbocycles. The Morgan fingerprint density at radius 2 is 2.08 bits per heavy atom. The molecule has 0 fully saturated rings. The van der Waals surface area contributed by atoms with E-state index >= 15 is 0 Å². The molecule has 0 N–H and O–H groups in total. The monoisotopic (exact) mass is 338 g/mol. The molecule has 4 heteroatoms. The van der Waals surface area contributed by atoms with Crippen LogP contribution in [-0.4, -0.2) is 22.5 Å². The first-order valence-electron chi connectivity index (χ1n) is 8.47. The van der Waals surface area contributed by atoms with Crippen molar-refractivity contribution in [2.24, 2.45) is 0 Å². The van der Waals surface area contributed by atoms with Gasteiger partial charge in [0.25, 0.3) is 0 Å². The molecule has 0 radical (unpaired) electrons. The van der Waals surface area contributed by atoms with Crippen molar-refractivity contribution in [3.8, 4) is 0 Å². The van der Waals surface area contributed by atoms with Crippen molar-refractivity contribution in [3.05, 3.63) is 65.7 Å². The van der Waals surface area contributed by atoms with Gasteiger partial charge in [-0.15, -0.1) is 0 Å². The van der Waals surface area contributed by atoms with E-state index in [4.69, 9.17) is 9.72 Å². The summed E-state index contributed by atoms with van der Waals surface area (Å²) in [5.41, 5.74) is 5.72. The van der Waals surface area contributed by atoms with E-state index in [1.165, 1.54) is 7.11 Å². The van der Waals surface area contributed by atoms with Gasteiger partial charge in [-0.3, -0.25) is 4.79 Å². The van der Waals surface area contributed by atoms with Gasteiger partial charge in [0.2, 0.25) is 0 Å². The van der Waals surface area contributed by atoms with E-state index in [0.717, 1.165) is 33.7 Å². The number of aromatic nitrogens is 2. The molecule has 2 aromatic rings. The lowest BCUT2D eigenvalue weighted by Crippen LogP contribution is -2.16. The van der Waals surface area contributed by atoms with Crippen LogP contribution in [-0.2, 0) is 9.53 Å². The first-order chi connectivity index (χ1) is 11.9. The number of allylic oxidation sites excluding steroid dienone is 5. The topological polar surface area (TPSA) is 43.6 Å². The molecule has 0 aliphatic rings. The Kier molecular flexibility index (Phi) is 5.97. The van der Waals surface area contributed by atoms with Crippen molar-refractivity contribution < 1.29 is 9.53 Å². The van der Waals surface area contributed by atoms with Crippen LogP contribution in [0.2, 0.25) is 0 Å². The minimum atomic E-state index is -0.357. The fraction of sp³-hybridized carbons (Fsp3) is 0.333. The number of esters is 1. The lowest BCUT2D eigenvalue weighted by atomic mass is 9.97. The van der Waals surface area contributed by atoms with Crippen molar-refractivity contribution in [2.75, 3.05) is 7.11 Å². The molecule has 25 heavy (non-hydrogen) atoms. The van der Waals surface area contributed by atoms with E-state index in [1.807, 2.05) is 62.6 Å². The quantitative estimate of drug-likeness (QED) is 0.559. The molecule has 132 valence electrons.